The predicted octanol–water partition coefficient (Wildman–Crippen LogP) is -0.104. The van der Waals surface area contributed by atoms with Crippen molar-refractivity contribution in [2.45, 2.75) is 19.0 Å². The summed E-state index contributed by atoms with van der Waals surface area (Å²) < 4.78 is 1.90. The molecule has 0 atom stereocenters. The molecule has 0 saturated carbocycles. The van der Waals surface area contributed by atoms with Gasteiger partial charge in [0.25, 0.3) is 0 Å². The van der Waals surface area contributed by atoms with Gasteiger partial charge in [0.15, 0.2) is 0 Å². The second-order valence-corrected chi connectivity index (χ2v) is 4.31. The van der Waals surface area contributed by atoms with Crippen LogP contribution in [0.3, 0.4) is 0 Å². The first-order valence-corrected chi connectivity index (χ1v) is 6.15. The van der Waals surface area contributed by atoms with Gasteiger partial charge in [-0.2, -0.15) is 0 Å². The molecule has 3 N–H and O–H groups in total. The highest BCUT2D eigenvalue weighted by molar-refractivity contribution is 5.77. The van der Waals surface area contributed by atoms with Crippen LogP contribution in [0.1, 0.15) is 6.42 Å². The summed E-state index contributed by atoms with van der Waals surface area (Å²) in [6.45, 7) is -0.0254. The Labute approximate surface area is 110 Å². The maximum atomic E-state index is 11.6. The first kappa shape index (κ1) is 13.5. The molecule has 0 unspecified atom stereocenters. The number of aliphatic hydroxyl groups excluding tert-OH is 2. The zero-order valence-electron chi connectivity index (χ0n) is 10.5. The topological polar surface area (TPSA) is 87.4 Å². The third kappa shape index (κ3) is 3.30. The predicted molar refractivity (Wildman–Crippen MR) is 70.5 cm³/mol. The molecule has 2 rings (SSSR count). The third-order valence-corrected chi connectivity index (χ3v) is 2.91. The summed E-state index contributed by atoms with van der Waals surface area (Å²) in [4.78, 5) is 15.9. The number of hydrogen-bond donors (Lipinski definition) is 3. The number of aryl methyl sites for hydroxylation is 1. The lowest BCUT2D eigenvalue weighted by Gasteiger charge is -2.13. The SMILES string of the molecule is O=C(CCn1cnc2ccccc21)NC(CO)CO. The molecule has 0 saturated heterocycles. The van der Waals surface area contributed by atoms with Gasteiger partial charge in [0, 0.05) is 13.0 Å². The standard InChI is InChI=1S/C13H17N3O3/c17-7-10(8-18)15-13(19)5-6-16-9-14-11-3-1-2-4-12(11)16/h1-4,9-10,17-18H,5-8H2,(H,15,19). The molecule has 1 amide bonds. The number of hydrogen-bond acceptors (Lipinski definition) is 4. The minimum absolute atomic E-state index is 0.203. The van der Waals surface area contributed by atoms with Crippen molar-refractivity contribution in [2.75, 3.05) is 13.2 Å². The number of rotatable bonds is 6. The average Bonchev–Trinajstić information content (AvgIpc) is 2.86. The van der Waals surface area contributed by atoms with Gasteiger partial charge >= 0.3 is 0 Å². The van der Waals surface area contributed by atoms with E-state index in [1.54, 1.807) is 6.33 Å². The Balaban J connectivity index is 1.93. The summed E-state index contributed by atoms with van der Waals surface area (Å²) in [6, 6.07) is 7.12. The van der Waals surface area contributed by atoms with Crippen molar-refractivity contribution >= 4 is 16.9 Å². The molecule has 1 aromatic carbocycles. The van der Waals surface area contributed by atoms with Gasteiger partial charge in [-0.25, -0.2) is 4.98 Å². The first-order valence-electron chi connectivity index (χ1n) is 6.15. The van der Waals surface area contributed by atoms with Crippen LogP contribution >= 0.6 is 0 Å². The van der Waals surface area contributed by atoms with Crippen molar-refractivity contribution in [1.29, 1.82) is 0 Å². The third-order valence-electron chi connectivity index (χ3n) is 2.91. The molecule has 6 nitrogen and oxygen atoms in total. The van der Waals surface area contributed by atoms with Crippen LogP contribution in [0.5, 0.6) is 0 Å². The van der Waals surface area contributed by atoms with Crippen LogP contribution in [0.15, 0.2) is 30.6 Å². The molecule has 0 bridgehead atoms. The lowest BCUT2D eigenvalue weighted by atomic mass is 10.3. The van der Waals surface area contributed by atoms with E-state index in [4.69, 9.17) is 10.2 Å². The number of fused-ring (bicyclic) bond motifs is 1. The largest absolute Gasteiger partial charge is 0.394 e. The smallest absolute Gasteiger partial charge is 0.222 e. The number of aliphatic hydroxyl groups is 2. The van der Waals surface area contributed by atoms with Crippen LogP contribution in [0, 0.1) is 0 Å². The molecule has 2 aromatic rings. The second kappa shape index (κ2) is 6.31. The fourth-order valence-electron chi connectivity index (χ4n) is 1.86. The number of nitrogens with zero attached hydrogens (tertiary/aromatic N) is 2. The summed E-state index contributed by atoms with van der Waals surface area (Å²) in [7, 11) is 0. The zero-order chi connectivity index (χ0) is 13.7. The molecule has 0 aliphatic carbocycles. The minimum Gasteiger partial charge on any atom is -0.394 e. The number of benzene rings is 1. The quantitative estimate of drug-likeness (QED) is 0.679. The minimum atomic E-state index is -0.591. The average molecular weight is 263 g/mol. The highest BCUT2D eigenvalue weighted by Gasteiger charge is 2.10. The summed E-state index contributed by atoms with van der Waals surface area (Å²) in [5, 5.41) is 20.3. The number of carbonyl (C=O) groups is 1. The maximum Gasteiger partial charge on any atom is 0.222 e. The van der Waals surface area contributed by atoms with Crippen molar-refractivity contribution < 1.29 is 15.0 Å². The molecule has 0 aliphatic heterocycles. The normalized spacial score (nSPS) is 11.1. The van der Waals surface area contributed by atoms with E-state index in [2.05, 4.69) is 10.3 Å². The van der Waals surface area contributed by atoms with Crippen LogP contribution in [0.25, 0.3) is 11.0 Å². The fourth-order valence-corrected chi connectivity index (χ4v) is 1.86. The molecule has 1 aromatic heterocycles. The molecule has 0 spiro atoms. The van der Waals surface area contributed by atoms with Crippen LogP contribution < -0.4 is 5.32 Å². The van der Waals surface area contributed by atoms with E-state index in [0.717, 1.165) is 11.0 Å². The zero-order valence-corrected chi connectivity index (χ0v) is 10.5. The Morgan fingerprint density at radius 2 is 2.05 bits per heavy atom. The molecular weight excluding hydrogens is 246 g/mol. The number of nitrogens with one attached hydrogen (secondary N) is 1. The van der Waals surface area contributed by atoms with Gasteiger partial charge in [0.1, 0.15) is 0 Å². The highest BCUT2D eigenvalue weighted by atomic mass is 16.3. The molecule has 1 heterocycles. The van der Waals surface area contributed by atoms with Crippen molar-refractivity contribution in [1.82, 2.24) is 14.9 Å². The molecule has 0 aliphatic rings. The van der Waals surface area contributed by atoms with Gasteiger partial charge in [0.2, 0.25) is 5.91 Å². The Kier molecular flexibility index (Phi) is 4.48. The molecule has 6 heteroatoms. The van der Waals surface area contributed by atoms with Crippen LogP contribution in [0.2, 0.25) is 0 Å². The number of para-hydroxylation sites is 2. The van der Waals surface area contributed by atoms with Crippen molar-refractivity contribution in [2.24, 2.45) is 0 Å². The molecule has 102 valence electrons. The van der Waals surface area contributed by atoms with Gasteiger partial charge in [-0.05, 0) is 12.1 Å². The van der Waals surface area contributed by atoms with E-state index in [1.165, 1.54) is 0 Å². The summed E-state index contributed by atoms with van der Waals surface area (Å²) in [5.74, 6) is -0.203. The molecule has 19 heavy (non-hydrogen) atoms. The fraction of sp³-hybridized carbons (Fsp3) is 0.385. The summed E-state index contributed by atoms with van der Waals surface area (Å²) >= 11 is 0. The van der Waals surface area contributed by atoms with Gasteiger partial charge in [0.05, 0.1) is 36.6 Å². The maximum absolute atomic E-state index is 11.6. The Bertz CT molecular complexity index is 549. The van der Waals surface area contributed by atoms with Gasteiger partial charge in [-0.3, -0.25) is 4.79 Å². The number of imidazole rings is 1. The van der Waals surface area contributed by atoms with Crippen LogP contribution in [0.4, 0.5) is 0 Å². The molecule has 0 fully saturated rings. The van der Waals surface area contributed by atoms with Crippen LogP contribution in [-0.2, 0) is 11.3 Å². The first-order chi connectivity index (χ1) is 9.24. The van der Waals surface area contributed by atoms with Gasteiger partial charge < -0.3 is 20.1 Å². The van der Waals surface area contributed by atoms with Crippen LogP contribution in [-0.4, -0.2) is 44.9 Å². The summed E-state index contributed by atoms with van der Waals surface area (Å²) in [6.07, 6.45) is 1.98. The lowest BCUT2D eigenvalue weighted by molar-refractivity contribution is -0.122. The highest BCUT2D eigenvalue weighted by Crippen LogP contribution is 2.11. The number of amides is 1. The van der Waals surface area contributed by atoms with Crippen molar-refractivity contribution in [3.05, 3.63) is 30.6 Å². The summed E-state index contributed by atoms with van der Waals surface area (Å²) in [5.41, 5.74) is 1.88. The Morgan fingerprint density at radius 1 is 1.32 bits per heavy atom. The van der Waals surface area contributed by atoms with E-state index in [-0.39, 0.29) is 25.5 Å². The molecular formula is C13H17N3O3. The van der Waals surface area contributed by atoms with E-state index < -0.39 is 6.04 Å². The van der Waals surface area contributed by atoms with E-state index in [1.807, 2.05) is 28.8 Å². The number of carbonyl (C=O) groups excluding carboxylic acids is 1. The van der Waals surface area contributed by atoms with Crippen molar-refractivity contribution in [3.63, 3.8) is 0 Å². The van der Waals surface area contributed by atoms with E-state index in [0.29, 0.717) is 6.54 Å². The van der Waals surface area contributed by atoms with Gasteiger partial charge in [-0.15, -0.1) is 0 Å². The van der Waals surface area contributed by atoms with E-state index >= 15 is 0 Å². The Morgan fingerprint density at radius 3 is 2.79 bits per heavy atom. The molecule has 0 radical (unpaired) electrons. The monoisotopic (exact) mass is 263 g/mol. The van der Waals surface area contributed by atoms with Gasteiger partial charge in [-0.1, -0.05) is 12.1 Å². The van der Waals surface area contributed by atoms with Crippen molar-refractivity contribution in [3.8, 4) is 0 Å². The lowest BCUT2D eigenvalue weighted by Crippen LogP contribution is -2.40. The van der Waals surface area contributed by atoms with E-state index in [9.17, 15) is 4.79 Å². The number of aromatic nitrogens is 2. The Hall–Kier alpha value is -1.92. The second-order valence-electron chi connectivity index (χ2n) is 4.31.